The van der Waals surface area contributed by atoms with Crippen molar-refractivity contribution in [3.8, 4) is 11.6 Å². The molecular weight excluding hydrogens is 756 g/mol. The second kappa shape index (κ2) is 14.1. The van der Waals surface area contributed by atoms with Gasteiger partial charge in [0, 0.05) is 28.0 Å². The fourth-order valence-corrected chi connectivity index (χ4v) is 8.38. The molecule has 1 unspecified atom stereocenters. The van der Waals surface area contributed by atoms with E-state index < -0.39 is 50.4 Å². The van der Waals surface area contributed by atoms with Crippen LogP contribution in [0.4, 0.5) is 0 Å². The minimum atomic E-state index is -4.36. The Morgan fingerprint density at radius 2 is 1.90 bits per heavy atom. The predicted octanol–water partition coefficient (Wildman–Crippen LogP) is 4.97. The lowest BCUT2D eigenvalue weighted by molar-refractivity contribution is -0.152. The monoisotopic (exact) mass is 795 g/mol. The first-order valence-corrected chi connectivity index (χ1v) is 18.4. The van der Waals surface area contributed by atoms with Gasteiger partial charge in [0.25, 0.3) is 0 Å². The summed E-state index contributed by atoms with van der Waals surface area (Å²) in [6, 6.07) is 11.6. The van der Waals surface area contributed by atoms with Crippen LogP contribution in [0.2, 0.25) is 0 Å². The van der Waals surface area contributed by atoms with Crippen molar-refractivity contribution >= 4 is 58.2 Å². The Kier molecular flexibility index (Phi) is 10.3. The largest absolute Gasteiger partial charge is 0.479 e. The number of aliphatic hydroxyl groups is 2. The second-order valence-corrected chi connectivity index (χ2v) is 15.0. The molecule has 1 aliphatic heterocycles. The first-order chi connectivity index (χ1) is 22.9. The molecule has 3 N–H and O–H groups in total. The molecule has 14 nitrogen and oxygen atoms in total. The molecule has 2 aliphatic rings. The van der Waals surface area contributed by atoms with Crippen molar-refractivity contribution in [1.82, 2.24) is 24.6 Å². The van der Waals surface area contributed by atoms with Gasteiger partial charge in [-0.3, -0.25) is 13.9 Å². The molecule has 4 aromatic rings. The lowest BCUT2D eigenvalue weighted by atomic mass is 9.96. The molecule has 48 heavy (non-hydrogen) atoms. The number of nitrogens with zero attached hydrogens (tertiary/aromatic N) is 4. The molecule has 0 spiro atoms. The molecule has 1 aliphatic carbocycles. The molecule has 16 heteroatoms. The SMILES string of the molecule is COc1nc(C)nc2c1nc(I)n2[C@@H]1O[C@H](COP(=O)(N[C@@H](C)C(=O)OC2CCCCC2)Oc2cccc3ccccc23)[C@@H](O)[C@@]1(C)O. The van der Waals surface area contributed by atoms with Crippen molar-refractivity contribution in [3.63, 3.8) is 0 Å². The summed E-state index contributed by atoms with van der Waals surface area (Å²) in [5.41, 5.74) is -1.18. The van der Waals surface area contributed by atoms with Crippen LogP contribution < -0.4 is 14.3 Å². The molecule has 258 valence electrons. The summed E-state index contributed by atoms with van der Waals surface area (Å²) < 4.78 is 45.7. The molecule has 0 bridgehead atoms. The number of carbonyl (C=O) groups is 1. The Morgan fingerprint density at radius 3 is 2.65 bits per heavy atom. The quantitative estimate of drug-likeness (QED) is 0.0804. The molecule has 1 saturated heterocycles. The Morgan fingerprint density at radius 1 is 1.17 bits per heavy atom. The fraction of sp³-hybridized carbons (Fsp3) is 0.500. The van der Waals surface area contributed by atoms with Crippen molar-refractivity contribution < 1.29 is 42.8 Å². The number of esters is 1. The zero-order chi connectivity index (χ0) is 34.2. The molecular formula is C32H39IN5O9P. The average molecular weight is 796 g/mol. The van der Waals surface area contributed by atoms with E-state index in [0.29, 0.717) is 26.2 Å². The molecule has 2 aromatic carbocycles. The van der Waals surface area contributed by atoms with Gasteiger partial charge in [-0.15, -0.1) is 0 Å². The zero-order valence-electron chi connectivity index (χ0n) is 27.0. The summed E-state index contributed by atoms with van der Waals surface area (Å²) in [5.74, 6) is 0.337. The van der Waals surface area contributed by atoms with Gasteiger partial charge in [0.2, 0.25) is 5.88 Å². The number of carbonyl (C=O) groups excluding carboxylic acids is 1. The molecule has 6 atom stereocenters. The third-order valence-electron chi connectivity index (χ3n) is 8.68. The first kappa shape index (κ1) is 34.9. The van der Waals surface area contributed by atoms with Gasteiger partial charge in [-0.05, 0) is 57.9 Å². The number of imidazole rings is 1. The molecule has 0 amide bonds. The third-order valence-corrected chi connectivity index (χ3v) is 11.1. The maximum atomic E-state index is 14.5. The molecule has 3 heterocycles. The van der Waals surface area contributed by atoms with Crippen LogP contribution in [0.15, 0.2) is 42.5 Å². The normalized spacial score (nSPS) is 25.2. The Hall–Kier alpha value is -2.92. The van der Waals surface area contributed by atoms with E-state index in [1.165, 1.54) is 21.0 Å². The predicted molar refractivity (Wildman–Crippen MR) is 184 cm³/mol. The number of hydrogen-bond donors (Lipinski definition) is 3. The van der Waals surface area contributed by atoms with E-state index in [0.717, 1.165) is 37.5 Å². The van der Waals surface area contributed by atoms with E-state index in [1.807, 2.05) is 52.9 Å². The van der Waals surface area contributed by atoms with E-state index in [1.54, 1.807) is 23.6 Å². The average Bonchev–Trinajstić information content (AvgIpc) is 3.50. The van der Waals surface area contributed by atoms with Crippen LogP contribution in [0.5, 0.6) is 11.6 Å². The molecule has 0 radical (unpaired) electrons. The van der Waals surface area contributed by atoms with E-state index in [2.05, 4.69) is 20.0 Å². The van der Waals surface area contributed by atoms with Gasteiger partial charge in [-0.1, -0.05) is 42.8 Å². The Labute approximate surface area is 291 Å². The lowest BCUT2D eigenvalue weighted by Gasteiger charge is -2.28. The van der Waals surface area contributed by atoms with Crippen LogP contribution in [0.1, 0.15) is 58.0 Å². The van der Waals surface area contributed by atoms with E-state index >= 15 is 0 Å². The molecule has 1 saturated carbocycles. The van der Waals surface area contributed by atoms with Gasteiger partial charge < -0.3 is 28.9 Å². The number of fused-ring (bicyclic) bond motifs is 2. The summed E-state index contributed by atoms with van der Waals surface area (Å²) in [4.78, 5) is 26.4. The van der Waals surface area contributed by atoms with Gasteiger partial charge in [-0.2, -0.15) is 10.1 Å². The van der Waals surface area contributed by atoms with Crippen LogP contribution in [0, 0.1) is 10.8 Å². The number of rotatable bonds is 11. The highest BCUT2D eigenvalue weighted by Gasteiger charge is 2.55. The van der Waals surface area contributed by atoms with E-state index in [9.17, 15) is 19.6 Å². The number of benzene rings is 2. The van der Waals surface area contributed by atoms with Crippen molar-refractivity contribution in [2.45, 2.75) is 89.1 Å². The topological polar surface area (TPSA) is 176 Å². The minimum absolute atomic E-state index is 0.202. The smallest absolute Gasteiger partial charge is 0.459 e. The van der Waals surface area contributed by atoms with Crippen LogP contribution in [-0.2, 0) is 23.4 Å². The van der Waals surface area contributed by atoms with Crippen molar-refractivity contribution in [2.75, 3.05) is 13.7 Å². The number of aliphatic hydroxyl groups excluding tert-OH is 1. The Balaban J connectivity index is 1.26. The number of nitrogens with one attached hydrogen (secondary N) is 1. The lowest BCUT2D eigenvalue weighted by Crippen LogP contribution is -2.45. The van der Waals surface area contributed by atoms with Crippen LogP contribution in [0.25, 0.3) is 21.9 Å². The highest BCUT2D eigenvalue weighted by Crippen LogP contribution is 2.49. The molecule has 2 aromatic heterocycles. The van der Waals surface area contributed by atoms with Crippen LogP contribution in [0.3, 0.4) is 0 Å². The summed E-state index contributed by atoms with van der Waals surface area (Å²) in [6.45, 7) is 4.16. The second-order valence-electron chi connectivity index (χ2n) is 12.3. The first-order valence-electron chi connectivity index (χ1n) is 15.8. The third kappa shape index (κ3) is 7.04. The number of halogens is 1. The number of hydrogen-bond acceptors (Lipinski definition) is 12. The maximum Gasteiger partial charge on any atom is 0.459 e. The number of methoxy groups -OCH3 is 1. The summed E-state index contributed by atoms with van der Waals surface area (Å²) in [7, 11) is -2.89. The van der Waals surface area contributed by atoms with Crippen molar-refractivity contribution in [2.24, 2.45) is 0 Å². The van der Waals surface area contributed by atoms with Crippen molar-refractivity contribution in [3.05, 3.63) is 52.1 Å². The van der Waals surface area contributed by atoms with Gasteiger partial charge in [0.1, 0.15) is 41.5 Å². The Bertz CT molecular complexity index is 1840. The van der Waals surface area contributed by atoms with Crippen LogP contribution >= 0.6 is 30.3 Å². The summed E-state index contributed by atoms with van der Waals surface area (Å²) in [6.07, 6.45) is 0.562. The summed E-state index contributed by atoms with van der Waals surface area (Å²) >= 11 is 1.98. The van der Waals surface area contributed by atoms with Gasteiger partial charge in [0.05, 0.1) is 13.7 Å². The van der Waals surface area contributed by atoms with Gasteiger partial charge in [0.15, 0.2) is 21.2 Å². The highest BCUT2D eigenvalue weighted by molar-refractivity contribution is 14.1. The van der Waals surface area contributed by atoms with Gasteiger partial charge >= 0.3 is 13.7 Å². The number of aryl methyl sites for hydroxylation is 1. The van der Waals surface area contributed by atoms with Crippen LogP contribution in [-0.4, -0.2) is 79.4 Å². The van der Waals surface area contributed by atoms with Gasteiger partial charge in [-0.25, -0.2) is 14.5 Å². The maximum absolute atomic E-state index is 14.5. The van der Waals surface area contributed by atoms with E-state index in [-0.39, 0.29) is 17.7 Å². The summed E-state index contributed by atoms with van der Waals surface area (Å²) in [5, 5.41) is 27.1. The van der Waals surface area contributed by atoms with Crippen molar-refractivity contribution in [1.29, 1.82) is 0 Å². The van der Waals surface area contributed by atoms with E-state index in [4.69, 9.17) is 23.3 Å². The minimum Gasteiger partial charge on any atom is -0.479 e. The fourth-order valence-electron chi connectivity index (χ4n) is 6.13. The zero-order valence-corrected chi connectivity index (χ0v) is 30.1. The number of ether oxygens (including phenoxy) is 3. The molecule has 2 fully saturated rings. The molecule has 6 rings (SSSR count). The standard InChI is InChI=1S/C32H39IN5O9P/c1-18(29(40)45-21-13-6-5-7-14-21)37-48(42,47-23-16-10-12-20-11-8-9-15-22(20)23)44-17-24-26(39)32(3,41)30(46-24)38-27-25(36-31(38)33)28(43-4)35-19(2)34-27/h8-12,15-16,18,21,24,26,30,39,41H,5-7,13-14,17H2,1-4H3,(H,37,42)/t18-,24+,26+,30+,32+,48?/m0/s1. The highest BCUT2D eigenvalue weighted by atomic mass is 127. The number of aromatic nitrogens is 4.